The number of rotatable bonds is 5. The second kappa shape index (κ2) is 7.79. The number of halogens is 1. The van der Waals surface area contributed by atoms with Gasteiger partial charge in [0.05, 0.1) is 29.6 Å². The predicted octanol–water partition coefficient (Wildman–Crippen LogP) is 4.11. The van der Waals surface area contributed by atoms with E-state index in [-0.39, 0.29) is 5.95 Å². The van der Waals surface area contributed by atoms with E-state index in [0.29, 0.717) is 22.1 Å². The Hall–Kier alpha value is -3.19. The monoisotopic (exact) mass is 369 g/mol. The summed E-state index contributed by atoms with van der Waals surface area (Å²) in [6.45, 7) is 2.01. The Morgan fingerprint density at radius 3 is 2.77 bits per heavy atom. The van der Waals surface area contributed by atoms with Crippen molar-refractivity contribution in [3.8, 4) is 0 Å². The smallest absolute Gasteiger partial charge is 0.337 e. The zero-order valence-corrected chi connectivity index (χ0v) is 14.9. The fourth-order valence-electron chi connectivity index (χ4n) is 2.27. The molecule has 0 aliphatic carbocycles. The van der Waals surface area contributed by atoms with Crippen molar-refractivity contribution in [3.63, 3.8) is 0 Å². The summed E-state index contributed by atoms with van der Waals surface area (Å²) >= 11 is 6.17. The fraction of sp³-hybridized carbons (Fsp3) is 0.111. The third-order valence-corrected chi connectivity index (χ3v) is 3.81. The van der Waals surface area contributed by atoms with Gasteiger partial charge < -0.3 is 15.4 Å². The van der Waals surface area contributed by atoms with Crippen LogP contribution >= 0.6 is 11.6 Å². The Kier molecular flexibility index (Phi) is 5.28. The van der Waals surface area contributed by atoms with E-state index >= 15 is 0 Å². The molecule has 0 spiro atoms. The molecule has 26 heavy (non-hydrogen) atoms. The van der Waals surface area contributed by atoms with Crippen LogP contribution in [0.25, 0.3) is 0 Å². The minimum atomic E-state index is -0.460. The van der Waals surface area contributed by atoms with Crippen LogP contribution in [-0.2, 0) is 4.74 Å². The van der Waals surface area contributed by atoms with Crippen LogP contribution in [-0.4, -0.2) is 28.3 Å². The number of anilines is 4. The summed E-state index contributed by atoms with van der Waals surface area (Å²) in [5.74, 6) is 0.304. The second-order valence-electron chi connectivity index (χ2n) is 5.47. The summed E-state index contributed by atoms with van der Waals surface area (Å²) in [6, 6.07) is 12.6. The highest BCUT2D eigenvalue weighted by Gasteiger charge is 2.10. The molecule has 2 aromatic carbocycles. The quantitative estimate of drug-likeness (QED) is 0.654. The molecule has 3 aromatic rings. The van der Waals surface area contributed by atoms with Crippen molar-refractivity contribution in [2.24, 2.45) is 0 Å². The van der Waals surface area contributed by atoms with E-state index in [2.05, 4.69) is 25.8 Å². The van der Waals surface area contributed by atoms with Gasteiger partial charge in [0.2, 0.25) is 5.95 Å². The Balaban J connectivity index is 1.82. The van der Waals surface area contributed by atoms with Gasteiger partial charge in [-0.15, -0.1) is 5.10 Å². The lowest BCUT2D eigenvalue weighted by molar-refractivity contribution is 0.0601. The number of hydrogen-bond donors (Lipinski definition) is 2. The molecule has 7 nitrogen and oxygen atoms in total. The van der Waals surface area contributed by atoms with Crippen LogP contribution in [0, 0.1) is 6.92 Å². The fourth-order valence-corrected chi connectivity index (χ4v) is 2.44. The first kappa shape index (κ1) is 17.6. The van der Waals surface area contributed by atoms with Gasteiger partial charge in [0, 0.05) is 5.69 Å². The molecule has 8 heteroatoms. The van der Waals surface area contributed by atoms with Crippen LogP contribution in [0.1, 0.15) is 15.9 Å². The van der Waals surface area contributed by atoms with Gasteiger partial charge in [-0.1, -0.05) is 23.7 Å². The van der Waals surface area contributed by atoms with Gasteiger partial charge in [-0.2, -0.15) is 10.1 Å². The second-order valence-corrected chi connectivity index (χ2v) is 5.88. The molecule has 0 unspecified atom stereocenters. The number of methoxy groups -OCH3 is 1. The van der Waals surface area contributed by atoms with Gasteiger partial charge in [0.25, 0.3) is 0 Å². The van der Waals surface area contributed by atoms with Crippen LogP contribution < -0.4 is 10.6 Å². The molecular weight excluding hydrogens is 354 g/mol. The Morgan fingerprint density at radius 1 is 1.15 bits per heavy atom. The lowest BCUT2D eigenvalue weighted by Crippen LogP contribution is -2.05. The average molecular weight is 370 g/mol. The first-order valence-electron chi connectivity index (χ1n) is 7.73. The molecule has 1 heterocycles. The topological polar surface area (TPSA) is 89.0 Å². The molecule has 0 saturated heterocycles. The van der Waals surface area contributed by atoms with Crippen molar-refractivity contribution in [2.45, 2.75) is 6.92 Å². The van der Waals surface area contributed by atoms with Gasteiger partial charge in [0.1, 0.15) is 0 Å². The van der Waals surface area contributed by atoms with Gasteiger partial charge in [-0.3, -0.25) is 0 Å². The maximum atomic E-state index is 11.7. The van der Waals surface area contributed by atoms with E-state index in [1.807, 2.05) is 31.2 Å². The number of nitrogens with one attached hydrogen (secondary N) is 2. The molecule has 0 radical (unpaired) electrons. The number of hydrogen-bond acceptors (Lipinski definition) is 7. The number of aryl methyl sites for hydroxylation is 1. The first-order chi connectivity index (χ1) is 12.5. The summed E-state index contributed by atoms with van der Waals surface area (Å²) in [5, 5.41) is 14.4. The molecule has 0 bridgehead atoms. The molecule has 132 valence electrons. The Labute approximate surface area is 155 Å². The maximum Gasteiger partial charge on any atom is 0.337 e. The van der Waals surface area contributed by atoms with Crippen molar-refractivity contribution in [2.75, 3.05) is 17.7 Å². The molecule has 3 rings (SSSR count). The number of aromatic nitrogens is 3. The van der Waals surface area contributed by atoms with Gasteiger partial charge in [-0.05, 0) is 42.8 Å². The van der Waals surface area contributed by atoms with Crippen LogP contribution in [0.4, 0.5) is 23.1 Å². The largest absolute Gasteiger partial charge is 0.465 e. The minimum Gasteiger partial charge on any atom is -0.465 e. The van der Waals surface area contributed by atoms with E-state index in [1.165, 1.54) is 13.3 Å². The average Bonchev–Trinajstić information content (AvgIpc) is 2.63. The number of ether oxygens (including phenoxy) is 1. The maximum absolute atomic E-state index is 11.7. The molecule has 0 aliphatic rings. The normalized spacial score (nSPS) is 10.3. The zero-order valence-electron chi connectivity index (χ0n) is 14.2. The SMILES string of the molecule is COC(=O)c1ccc(Cl)c(Nc2nncc(Nc3cccc(C)c3)n2)c1. The molecular formula is C18H16ClN5O2. The summed E-state index contributed by atoms with van der Waals surface area (Å²) in [7, 11) is 1.32. The van der Waals surface area contributed by atoms with Gasteiger partial charge in [-0.25, -0.2) is 4.79 Å². The zero-order chi connectivity index (χ0) is 18.5. The molecule has 2 N–H and O–H groups in total. The van der Waals surface area contributed by atoms with Crippen molar-refractivity contribution >= 4 is 40.7 Å². The summed E-state index contributed by atoms with van der Waals surface area (Å²) < 4.78 is 4.71. The van der Waals surface area contributed by atoms with Crippen LogP contribution in [0.3, 0.4) is 0 Å². The lowest BCUT2D eigenvalue weighted by Gasteiger charge is -2.10. The number of nitrogens with zero attached hydrogens (tertiary/aromatic N) is 3. The molecule has 0 saturated carbocycles. The van der Waals surface area contributed by atoms with E-state index in [0.717, 1.165) is 11.3 Å². The number of esters is 1. The van der Waals surface area contributed by atoms with E-state index in [9.17, 15) is 4.79 Å². The number of carbonyl (C=O) groups is 1. The summed E-state index contributed by atoms with van der Waals surface area (Å²) in [6.07, 6.45) is 1.51. The molecule has 0 fully saturated rings. The van der Waals surface area contributed by atoms with Gasteiger partial charge in [0.15, 0.2) is 5.82 Å². The third kappa shape index (κ3) is 4.25. The highest BCUT2D eigenvalue weighted by atomic mass is 35.5. The van der Waals surface area contributed by atoms with Crippen LogP contribution in [0.15, 0.2) is 48.7 Å². The highest BCUT2D eigenvalue weighted by molar-refractivity contribution is 6.33. The predicted molar refractivity (Wildman–Crippen MR) is 100 cm³/mol. The van der Waals surface area contributed by atoms with Crippen LogP contribution in [0.2, 0.25) is 5.02 Å². The highest BCUT2D eigenvalue weighted by Crippen LogP contribution is 2.26. The standard InChI is InChI=1S/C18H16ClN5O2/c1-11-4-3-5-13(8-11)21-16-10-20-24-18(23-16)22-15-9-12(17(25)26-2)6-7-14(15)19/h3-10H,1-2H3,(H2,21,22,23,24). The molecule has 1 aromatic heterocycles. The van der Waals surface area contributed by atoms with Crippen molar-refractivity contribution < 1.29 is 9.53 Å². The van der Waals surface area contributed by atoms with Crippen molar-refractivity contribution in [1.29, 1.82) is 0 Å². The van der Waals surface area contributed by atoms with E-state index < -0.39 is 5.97 Å². The summed E-state index contributed by atoms with van der Waals surface area (Å²) in [4.78, 5) is 16.0. The number of carbonyl (C=O) groups excluding carboxylic acids is 1. The van der Waals surface area contributed by atoms with Crippen LogP contribution in [0.5, 0.6) is 0 Å². The molecule has 0 atom stereocenters. The Bertz CT molecular complexity index is 948. The number of benzene rings is 2. The van der Waals surface area contributed by atoms with Crippen molar-refractivity contribution in [3.05, 3.63) is 64.8 Å². The van der Waals surface area contributed by atoms with E-state index in [4.69, 9.17) is 16.3 Å². The van der Waals surface area contributed by atoms with E-state index in [1.54, 1.807) is 18.2 Å². The minimum absolute atomic E-state index is 0.242. The van der Waals surface area contributed by atoms with Gasteiger partial charge >= 0.3 is 5.97 Å². The third-order valence-electron chi connectivity index (χ3n) is 3.48. The molecule has 0 amide bonds. The first-order valence-corrected chi connectivity index (χ1v) is 8.11. The molecule has 0 aliphatic heterocycles. The lowest BCUT2D eigenvalue weighted by atomic mass is 10.2. The Morgan fingerprint density at radius 2 is 2.00 bits per heavy atom. The van der Waals surface area contributed by atoms with Crippen molar-refractivity contribution in [1.82, 2.24) is 15.2 Å². The summed E-state index contributed by atoms with van der Waals surface area (Å²) in [5.41, 5.74) is 2.86.